The highest BCUT2D eigenvalue weighted by Crippen LogP contribution is 2.19. The predicted molar refractivity (Wildman–Crippen MR) is 65.0 cm³/mol. The second-order valence-electron chi connectivity index (χ2n) is 3.85. The zero-order chi connectivity index (χ0) is 13.8. The zero-order valence-electron chi connectivity index (χ0n) is 10.5. The Bertz CT molecular complexity index is 486. The molecule has 0 spiro atoms. The first kappa shape index (κ1) is 15.4. The molecule has 0 radical (unpaired) electrons. The van der Waals surface area contributed by atoms with E-state index in [1.807, 2.05) is 13.8 Å². The van der Waals surface area contributed by atoms with Gasteiger partial charge in [-0.05, 0) is 13.8 Å². The maximum absolute atomic E-state index is 11.3. The smallest absolute Gasteiger partial charge is 0.296 e. The van der Waals surface area contributed by atoms with E-state index < -0.39 is 9.05 Å². The van der Waals surface area contributed by atoms with Crippen LogP contribution in [0.5, 0.6) is 0 Å². The number of ether oxygens (including phenoxy) is 2. The largest absolute Gasteiger partial charge is 0.382 e. The summed E-state index contributed by atoms with van der Waals surface area (Å²) in [4.78, 5) is 0. The topological polar surface area (TPSA) is 83.3 Å². The molecule has 0 saturated carbocycles. The fourth-order valence-electron chi connectivity index (χ4n) is 1.40. The van der Waals surface area contributed by atoms with E-state index >= 15 is 0 Å². The number of aromatic nitrogens is 3. The van der Waals surface area contributed by atoms with Crippen LogP contribution in [0.1, 0.15) is 25.7 Å². The summed E-state index contributed by atoms with van der Waals surface area (Å²) in [5.74, 6) is 0.417. The molecule has 0 fully saturated rings. The summed E-state index contributed by atoms with van der Waals surface area (Å²) in [5, 5.41) is 7.11. The monoisotopic (exact) mass is 297 g/mol. The molecule has 0 aliphatic carbocycles. The van der Waals surface area contributed by atoms with Gasteiger partial charge in [-0.1, -0.05) is 0 Å². The van der Waals surface area contributed by atoms with Gasteiger partial charge in [0, 0.05) is 23.8 Å². The Morgan fingerprint density at radius 1 is 1.33 bits per heavy atom. The number of nitrogens with zero attached hydrogens (tertiary/aromatic N) is 3. The second kappa shape index (κ2) is 6.46. The van der Waals surface area contributed by atoms with Crippen LogP contribution in [0.3, 0.4) is 0 Å². The summed E-state index contributed by atoms with van der Waals surface area (Å²) in [7, 11) is 2.95. The van der Waals surface area contributed by atoms with Crippen molar-refractivity contribution in [3.8, 4) is 0 Å². The van der Waals surface area contributed by atoms with Gasteiger partial charge in [0.05, 0.1) is 13.2 Å². The quantitative estimate of drug-likeness (QED) is 0.550. The molecule has 9 heteroatoms. The molecule has 7 nitrogen and oxygen atoms in total. The number of hydrogen-bond acceptors (Lipinski definition) is 6. The van der Waals surface area contributed by atoms with E-state index in [1.165, 1.54) is 4.57 Å². The van der Waals surface area contributed by atoms with E-state index in [2.05, 4.69) is 10.2 Å². The minimum atomic E-state index is -3.91. The first-order chi connectivity index (χ1) is 8.38. The number of hydrogen-bond donors (Lipinski definition) is 0. The third-order valence-electron chi connectivity index (χ3n) is 2.13. The summed E-state index contributed by atoms with van der Waals surface area (Å²) in [6.45, 7) is 4.63. The van der Waals surface area contributed by atoms with Gasteiger partial charge in [-0.3, -0.25) is 4.57 Å². The Morgan fingerprint density at radius 2 is 2.00 bits per heavy atom. The van der Waals surface area contributed by atoms with Crippen molar-refractivity contribution in [2.75, 3.05) is 20.3 Å². The lowest BCUT2D eigenvalue weighted by atomic mass is 10.4. The standard InChI is InChI=1S/C9H16ClN3O4S/c1-7(2)13-8(6-17-5-4-16-3)11-12-9(13)18(10,14)15/h7H,4-6H2,1-3H3. The van der Waals surface area contributed by atoms with Crippen LogP contribution in [0.4, 0.5) is 0 Å². The van der Waals surface area contributed by atoms with Crippen LogP contribution in [-0.2, 0) is 25.1 Å². The predicted octanol–water partition coefficient (Wildman–Crippen LogP) is 0.950. The molecular formula is C9H16ClN3O4S. The molecule has 0 amide bonds. The van der Waals surface area contributed by atoms with Crippen LogP contribution in [0, 0.1) is 0 Å². The van der Waals surface area contributed by atoms with Crippen LogP contribution < -0.4 is 0 Å². The van der Waals surface area contributed by atoms with Crippen molar-refractivity contribution >= 4 is 19.7 Å². The number of halogens is 1. The van der Waals surface area contributed by atoms with Crippen LogP contribution in [0.15, 0.2) is 5.16 Å². The highest BCUT2D eigenvalue weighted by atomic mass is 35.7. The SMILES string of the molecule is COCCOCc1nnc(S(=O)(=O)Cl)n1C(C)C. The van der Waals surface area contributed by atoms with Crippen molar-refractivity contribution in [1.82, 2.24) is 14.8 Å². The van der Waals surface area contributed by atoms with Gasteiger partial charge in [0.1, 0.15) is 6.61 Å². The minimum absolute atomic E-state index is 0.135. The van der Waals surface area contributed by atoms with Crippen molar-refractivity contribution < 1.29 is 17.9 Å². The molecule has 0 aliphatic heterocycles. The summed E-state index contributed by atoms with van der Waals surface area (Å²) in [6, 6.07) is -0.135. The van der Waals surface area contributed by atoms with E-state index in [-0.39, 0.29) is 17.8 Å². The van der Waals surface area contributed by atoms with Gasteiger partial charge in [0.2, 0.25) is 0 Å². The molecule has 0 unspecified atom stereocenters. The fourth-order valence-corrected chi connectivity index (χ4v) is 2.40. The lowest BCUT2D eigenvalue weighted by Gasteiger charge is -2.12. The van der Waals surface area contributed by atoms with Gasteiger partial charge in [-0.2, -0.15) is 0 Å². The molecule has 1 heterocycles. The summed E-state index contributed by atoms with van der Waals surface area (Å²) in [5.41, 5.74) is 0. The highest BCUT2D eigenvalue weighted by Gasteiger charge is 2.24. The van der Waals surface area contributed by atoms with E-state index in [0.717, 1.165) is 0 Å². The molecule has 0 bridgehead atoms. The fraction of sp³-hybridized carbons (Fsp3) is 0.778. The molecule has 1 aromatic heterocycles. The summed E-state index contributed by atoms with van der Waals surface area (Å²) in [6.07, 6.45) is 0. The van der Waals surface area contributed by atoms with E-state index in [0.29, 0.717) is 19.0 Å². The third-order valence-corrected chi connectivity index (χ3v) is 3.26. The van der Waals surface area contributed by atoms with Gasteiger partial charge >= 0.3 is 0 Å². The molecule has 0 N–H and O–H groups in total. The number of methoxy groups -OCH3 is 1. The lowest BCUT2D eigenvalue weighted by Crippen LogP contribution is -2.13. The van der Waals surface area contributed by atoms with E-state index in [1.54, 1.807) is 7.11 Å². The third kappa shape index (κ3) is 3.91. The first-order valence-electron chi connectivity index (χ1n) is 5.33. The van der Waals surface area contributed by atoms with E-state index in [4.69, 9.17) is 20.2 Å². The van der Waals surface area contributed by atoms with Gasteiger partial charge in [-0.15, -0.1) is 10.2 Å². The second-order valence-corrected chi connectivity index (χ2v) is 6.31. The van der Waals surface area contributed by atoms with E-state index in [9.17, 15) is 8.42 Å². The first-order valence-corrected chi connectivity index (χ1v) is 7.64. The molecule has 0 aliphatic rings. The average molecular weight is 298 g/mol. The normalized spacial score (nSPS) is 12.3. The van der Waals surface area contributed by atoms with Gasteiger partial charge in [0.25, 0.3) is 14.2 Å². The lowest BCUT2D eigenvalue weighted by molar-refractivity contribution is 0.0566. The van der Waals surface area contributed by atoms with Crippen molar-refractivity contribution in [2.45, 2.75) is 31.7 Å². The molecule has 0 saturated heterocycles. The molecule has 0 aromatic carbocycles. The van der Waals surface area contributed by atoms with Gasteiger partial charge in [0.15, 0.2) is 5.82 Å². The Balaban J connectivity index is 2.89. The minimum Gasteiger partial charge on any atom is -0.382 e. The van der Waals surface area contributed by atoms with Crippen molar-refractivity contribution in [3.05, 3.63) is 5.82 Å². The Kier molecular flexibility index (Phi) is 5.51. The summed E-state index contributed by atoms with van der Waals surface area (Å²) >= 11 is 0. The Morgan fingerprint density at radius 3 is 2.50 bits per heavy atom. The zero-order valence-corrected chi connectivity index (χ0v) is 12.0. The molecule has 18 heavy (non-hydrogen) atoms. The molecule has 1 rings (SSSR count). The Labute approximate surface area is 110 Å². The van der Waals surface area contributed by atoms with Crippen LogP contribution >= 0.6 is 10.7 Å². The van der Waals surface area contributed by atoms with Gasteiger partial charge < -0.3 is 9.47 Å². The average Bonchev–Trinajstić information content (AvgIpc) is 2.67. The maximum atomic E-state index is 11.3. The molecule has 0 atom stereocenters. The molecular weight excluding hydrogens is 282 g/mol. The van der Waals surface area contributed by atoms with Crippen molar-refractivity contribution in [1.29, 1.82) is 0 Å². The van der Waals surface area contributed by atoms with Crippen molar-refractivity contribution in [2.24, 2.45) is 0 Å². The van der Waals surface area contributed by atoms with Crippen LogP contribution in [0.2, 0.25) is 0 Å². The Hall–Kier alpha value is -0.700. The molecule has 104 valence electrons. The molecule has 1 aromatic rings. The highest BCUT2D eigenvalue weighted by molar-refractivity contribution is 8.13. The summed E-state index contributed by atoms with van der Waals surface area (Å²) < 4.78 is 34.2. The maximum Gasteiger partial charge on any atom is 0.296 e. The van der Waals surface area contributed by atoms with Crippen LogP contribution in [-0.4, -0.2) is 43.5 Å². The van der Waals surface area contributed by atoms with Crippen molar-refractivity contribution in [3.63, 3.8) is 0 Å². The number of rotatable bonds is 7. The van der Waals surface area contributed by atoms with Crippen LogP contribution in [0.25, 0.3) is 0 Å². The van der Waals surface area contributed by atoms with Gasteiger partial charge in [-0.25, -0.2) is 8.42 Å².